The van der Waals surface area contributed by atoms with Crippen molar-refractivity contribution in [1.29, 1.82) is 0 Å². The lowest BCUT2D eigenvalue weighted by atomic mass is 9.93. The van der Waals surface area contributed by atoms with Crippen LogP contribution in [0, 0.1) is 6.92 Å². The molecule has 1 amide bonds. The summed E-state index contributed by atoms with van der Waals surface area (Å²) >= 11 is 1.41. The van der Waals surface area contributed by atoms with E-state index in [2.05, 4.69) is 20.3 Å². The summed E-state index contributed by atoms with van der Waals surface area (Å²) in [5, 5.41) is 3.96. The summed E-state index contributed by atoms with van der Waals surface area (Å²) in [7, 11) is 0. The number of carbonyl (C=O) groups is 1. The Hall–Kier alpha value is -2.74. The van der Waals surface area contributed by atoms with Crippen molar-refractivity contribution < 1.29 is 9.53 Å². The van der Waals surface area contributed by atoms with Crippen LogP contribution in [-0.2, 0) is 0 Å². The zero-order valence-corrected chi connectivity index (χ0v) is 15.9. The summed E-state index contributed by atoms with van der Waals surface area (Å²) in [5.74, 6) is -0.0424. The van der Waals surface area contributed by atoms with E-state index in [0.717, 1.165) is 36.5 Å². The van der Waals surface area contributed by atoms with E-state index in [-0.39, 0.29) is 18.1 Å². The summed E-state index contributed by atoms with van der Waals surface area (Å²) in [5.41, 5.74) is 0.763. The first-order valence-electron chi connectivity index (χ1n) is 9.04. The third-order valence-electron chi connectivity index (χ3n) is 4.64. The van der Waals surface area contributed by atoms with Crippen LogP contribution in [0.4, 0.5) is 0 Å². The number of aryl methyl sites for hydroxylation is 1. The maximum absolute atomic E-state index is 12.7. The Balaban J connectivity index is 1.32. The van der Waals surface area contributed by atoms with E-state index in [1.165, 1.54) is 11.3 Å². The van der Waals surface area contributed by atoms with Gasteiger partial charge in [-0.2, -0.15) is 0 Å². The van der Waals surface area contributed by atoms with Gasteiger partial charge in [-0.25, -0.2) is 15.0 Å². The van der Waals surface area contributed by atoms with Gasteiger partial charge in [0.05, 0.1) is 5.69 Å². The molecule has 4 rings (SSSR count). The molecule has 0 unspecified atom stereocenters. The molecule has 140 valence electrons. The Morgan fingerprint density at radius 1 is 1.15 bits per heavy atom. The number of hydrogen-bond donors (Lipinski definition) is 1. The molecule has 1 N–H and O–H groups in total. The first-order chi connectivity index (χ1) is 13.2. The van der Waals surface area contributed by atoms with Crippen molar-refractivity contribution in [3.05, 3.63) is 53.6 Å². The van der Waals surface area contributed by atoms with Crippen molar-refractivity contribution in [3.8, 4) is 11.1 Å². The first-order valence-corrected chi connectivity index (χ1v) is 9.86. The standard InChI is InChI=1S/C19H21N5O2S/c1-13-16(27-19(22-13)24-11-2-3-12-24)17(25)23-14-5-7-15(8-6-14)26-18-20-9-4-10-21-18/h2-4,9-12,14-15H,5-8H2,1H3,(H,23,25). The van der Waals surface area contributed by atoms with Gasteiger partial charge in [0.2, 0.25) is 0 Å². The lowest BCUT2D eigenvalue weighted by Crippen LogP contribution is -2.39. The van der Waals surface area contributed by atoms with Crippen LogP contribution in [0.5, 0.6) is 6.01 Å². The SMILES string of the molecule is Cc1nc(-n2cccc2)sc1C(=O)NC1CCC(Oc2ncccn2)CC1. The van der Waals surface area contributed by atoms with Crippen molar-refractivity contribution in [1.82, 2.24) is 24.8 Å². The second-order valence-electron chi connectivity index (χ2n) is 6.60. The Morgan fingerprint density at radius 3 is 2.56 bits per heavy atom. The minimum atomic E-state index is -0.0424. The molecule has 1 fully saturated rings. The highest BCUT2D eigenvalue weighted by Gasteiger charge is 2.26. The summed E-state index contributed by atoms with van der Waals surface area (Å²) in [6.45, 7) is 1.88. The highest BCUT2D eigenvalue weighted by atomic mass is 32.1. The second-order valence-corrected chi connectivity index (χ2v) is 7.58. The van der Waals surface area contributed by atoms with E-state index < -0.39 is 0 Å². The number of carbonyl (C=O) groups excluding carboxylic acids is 1. The number of aromatic nitrogens is 4. The number of amides is 1. The summed E-state index contributed by atoms with van der Waals surface area (Å²) < 4.78 is 7.73. The van der Waals surface area contributed by atoms with Crippen molar-refractivity contribution in [2.75, 3.05) is 0 Å². The number of ether oxygens (including phenoxy) is 1. The van der Waals surface area contributed by atoms with Crippen LogP contribution < -0.4 is 10.1 Å². The van der Waals surface area contributed by atoms with Gasteiger partial charge in [-0.15, -0.1) is 0 Å². The van der Waals surface area contributed by atoms with Crippen LogP contribution in [0.1, 0.15) is 41.0 Å². The van der Waals surface area contributed by atoms with Crippen LogP contribution in [0.15, 0.2) is 43.0 Å². The summed E-state index contributed by atoms with van der Waals surface area (Å²) in [4.78, 5) is 26.1. The number of rotatable bonds is 5. The van der Waals surface area contributed by atoms with Crippen LogP contribution in [-0.4, -0.2) is 37.6 Å². The average molecular weight is 383 g/mol. The van der Waals surface area contributed by atoms with E-state index in [4.69, 9.17) is 4.74 Å². The van der Waals surface area contributed by atoms with Crippen LogP contribution in [0.2, 0.25) is 0 Å². The predicted octanol–water partition coefficient (Wildman–Crippen LogP) is 3.15. The number of thiazole rings is 1. The topological polar surface area (TPSA) is 81.9 Å². The number of nitrogens with zero attached hydrogens (tertiary/aromatic N) is 4. The lowest BCUT2D eigenvalue weighted by molar-refractivity contribution is 0.0888. The Kier molecular flexibility index (Phi) is 5.15. The molecule has 7 nitrogen and oxygen atoms in total. The predicted molar refractivity (Wildman–Crippen MR) is 102 cm³/mol. The Labute approximate surface area is 161 Å². The van der Waals surface area contributed by atoms with Gasteiger partial charge in [-0.3, -0.25) is 4.79 Å². The maximum atomic E-state index is 12.7. The van der Waals surface area contributed by atoms with Crippen molar-refractivity contribution >= 4 is 17.2 Å². The molecule has 27 heavy (non-hydrogen) atoms. The van der Waals surface area contributed by atoms with Crippen molar-refractivity contribution in [2.45, 2.75) is 44.8 Å². The Bertz CT molecular complexity index is 886. The molecule has 1 aliphatic rings. The molecule has 0 radical (unpaired) electrons. The Morgan fingerprint density at radius 2 is 1.85 bits per heavy atom. The molecule has 3 aromatic rings. The van der Waals surface area contributed by atoms with Gasteiger partial charge in [-0.05, 0) is 50.8 Å². The smallest absolute Gasteiger partial charge is 0.316 e. The fourth-order valence-electron chi connectivity index (χ4n) is 3.24. The van der Waals surface area contributed by atoms with Gasteiger partial charge in [0.1, 0.15) is 11.0 Å². The third-order valence-corrected chi connectivity index (χ3v) is 5.81. The quantitative estimate of drug-likeness (QED) is 0.732. The van der Waals surface area contributed by atoms with Gasteiger partial charge < -0.3 is 14.6 Å². The van der Waals surface area contributed by atoms with E-state index in [0.29, 0.717) is 10.9 Å². The highest BCUT2D eigenvalue weighted by molar-refractivity contribution is 7.16. The van der Waals surface area contributed by atoms with E-state index in [9.17, 15) is 4.79 Å². The van der Waals surface area contributed by atoms with Crippen molar-refractivity contribution in [2.24, 2.45) is 0 Å². The molecular weight excluding hydrogens is 362 g/mol. The van der Waals surface area contributed by atoms with Gasteiger partial charge in [0.25, 0.3) is 5.91 Å². The monoisotopic (exact) mass is 383 g/mol. The molecule has 0 saturated heterocycles. The fraction of sp³-hybridized carbons (Fsp3) is 0.368. The lowest BCUT2D eigenvalue weighted by Gasteiger charge is -2.28. The molecule has 0 aromatic carbocycles. The zero-order chi connectivity index (χ0) is 18.6. The maximum Gasteiger partial charge on any atom is 0.316 e. The molecule has 8 heteroatoms. The van der Waals surface area contributed by atoms with E-state index >= 15 is 0 Å². The molecule has 0 bridgehead atoms. The second kappa shape index (κ2) is 7.87. The molecule has 1 saturated carbocycles. The summed E-state index contributed by atoms with van der Waals surface area (Å²) in [6.07, 6.45) is 10.8. The van der Waals surface area contributed by atoms with Gasteiger partial charge in [0.15, 0.2) is 5.13 Å². The summed E-state index contributed by atoms with van der Waals surface area (Å²) in [6, 6.07) is 6.23. The highest BCUT2D eigenvalue weighted by Crippen LogP contribution is 2.25. The van der Waals surface area contributed by atoms with Crippen LogP contribution in [0.25, 0.3) is 5.13 Å². The van der Waals surface area contributed by atoms with Gasteiger partial charge in [0, 0.05) is 30.8 Å². The molecule has 0 spiro atoms. The minimum absolute atomic E-state index is 0.0424. The van der Waals surface area contributed by atoms with Gasteiger partial charge >= 0.3 is 6.01 Å². The molecular formula is C19H21N5O2S. The van der Waals surface area contributed by atoms with E-state index in [1.54, 1.807) is 18.5 Å². The third kappa shape index (κ3) is 4.16. The molecule has 3 heterocycles. The largest absolute Gasteiger partial charge is 0.460 e. The molecule has 3 aromatic heterocycles. The zero-order valence-electron chi connectivity index (χ0n) is 15.0. The van der Waals surface area contributed by atoms with Crippen LogP contribution in [0.3, 0.4) is 0 Å². The molecule has 1 aliphatic carbocycles. The number of nitrogens with one attached hydrogen (secondary N) is 1. The normalized spacial score (nSPS) is 19.6. The van der Waals surface area contributed by atoms with E-state index in [1.807, 2.05) is 36.0 Å². The van der Waals surface area contributed by atoms with Gasteiger partial charge in [-0.1, -0.05) is 11.3 Å². The fourth-order valence-corrected chi connectivity index (χ4v) is 4.17. The van der Waals surface area contributed by atoms with Crippen LogP contribution >= 0.6 is 11.3 Å². The molecule has 0 aliphatic heterocycles. The minimum Gasteiger partial charge on any atom is -0.460 e. The average Bonchev–Trinajstić information content (AvgIpc) is 3.34. The number of hydrogen-bond acceptors (Lipinski definition) is 6. The molecule has 0 atom stereocenters. The first kappa shape index (κ1) is 17.7. The van der Waals surface area contributed by atoms with Crippen molar-refractivity contribution in [3.63, 3.8) is 0 Å².